The molecule has 0 bridgehead atoms. The number of hydrogen-bond donors (Lipinski definition) is 1. The summed E-state index contributed by atoms with van der Waals surface area (Å²) in [6.07, 6.45) is 0.348. The maximum Gasteiger partial charge on any atom is 0.240 e. The van der Waals surface area contributed by atoms with Gasteiger partial charge in [-0.2, -0.15) is 15.6 Å². The molecule has 9 heteroatoms. The van der Waals surface area contributed by atoms with Crippen LogP contribution < -0.4 is 10.5 Å². The van der Waals surface area contributed by atoms with Crippen LogP contribution in [0.1, 0.15) is 18.9 Å². The molecule has 0 aromatic heterocycles. The number of nitrogens with zero attached hydrogens (tertiary/aromatic N) is 6. The predicted octanol–water partition coefficient (Wildman–Crippen LogP) is 1.44. The molecule has 23 heavy (non-hydrogen) atoms. The van der Waals surface area contributed by atoms with Gasteiger partial charge >= 0.3 is 0 Å². The number of benzene rings is 1. The van der Waals surface area contributed by atoms with E-state index in [0.717, 1.165) is 11.3 Å². The van der Waals surface area contributed by atoms with Gasteiger partial charge < -0.3 is 0 Å². The third-order valence-corrected chi connectivity index (χ3v) is 3.14. The van der Waals surface area contributed by atoms with E-state index >= 15 is 0 Å². The van der Waals surface area contributed by atoms with Crippen LogP contribution in [0.25, 0.3) is 0 Å². The van der Waals surface area contributed by atoms with E-state index in [1.54, 1.807) is 36.4 Å². The molecule has 0 spiro atoms. The normalized spacial score (nSPS) is 16.2. The highest BCUT2D eigenvalue weighted by Gasteiger charge is 2.21. The van der Waals surface area contributed by atoms with E-state index in [4.69, 9.17) is 10.5 Å². The minimum Gasteiger partial charge on any atom is -0.273 e. The van der Waals surface area contributed by atoms with Crippen LogP contribution in [0.15, 0.2) is 39.8 Å². The maximum atomic E-state index is 11.3. The highest BCUT2D eigenvalue weighted by Crippen LogP contribution is 2.21. The standard InChI is InChI=1S/C14H11N7O2/c1-9-6-13(22)17-18-14(9)10-2-4-12(5-3-10)21(20-23)19-11(7-15)8-16/h2-5,9H,6H2,1H3,(H,17,22). The number of anilines is 1. The first-order valence-corrected chi connectivity index (χ1v) is 6.58. The Hall–Kier alpha value is -3.59. The Bertz CT molecular complexity index is 752. The van der Waals surface area contributed by atoms with Crippen molar-refractivity contribution >= 4 is 23.0 Å². The highest BCUT2D eigenvalue weighted by molar-refractivity contribution is 6.10. The molecule has 1 aromatic rings. The van der Waals surface area contributed by atoms with Crippen molar-refractivity contribution in [3.63, 3.8) is 0 Å². The fourth-order valence-corrected chi connectivity index (χ4v) is 2.06. The topological polar surface area (TPSA) is 134 Å². The Labute approximate surface area is 131 Å². The van der Waals surface area contributed by atoms with Crippen molar-refractivity contribution in [2.45, 2.75) is 13.3 Å². The second-order valence-electron chi connectivity index (χ2n) is 4.73. The molecule has 0 saturated carbocycles. The Kier molecular flexibility index (Phi) is 4.75. The fourth-order valence-electron chi connectivity index (χ4n) is 2.06. The number of rotatable bonds is 4. The first-order valence-electron chi connectivity index (χ1n) is 6.58. The van der Waals surface area contributed by atoms with Crippen LogP contribution in [0.3, 0.4) is 0 Å². The summed E-state index contributed by atoms with van der Waals surface area (Å²) in [6.45, 7) is 1.89. The Morgan fingerprint density at radius 3 is 2.52 bits per heavy atom. The lowest BCUT2D eigenvalue weighted by molar-refractivity contribution is -0.121. The fraction of sp³-hybridized carbons (Fsp3) is 0.214. The van der Waals surface area contributed by atoms with Gasteiger partial charge in [-0.15, -0.1) is 15.1 Å². The first-order chi connectivity index (χ1) is 11.1. The molecule has 1 unspecified atom stereocenters. The van der Waals surface area contributed by atoms with E-state index in [-0.39, 0.29) is 11.8 Å². The number of nitroso groups, excluding NO2 is 1. The summed E-state index contributed by atoms with van der Waals surface area (Å²) in [5, 5.41) is 28.2. The molecule has 1 aliphatic heterocycles. The molecule has 0 fully saturated rings. The third-order valence-electron chi connectivity index (χ3n) is 3.14. The van der Waals surface area contributed by atoms with E-state index in [0.29, 0.717) is 17.2 Å². The molecule has 1 aromatic carbocycles. The van der Waals surface area contributed by atoms with Gasteiger partial charge in [0.25, 0.3) is 0 Å². The van der Waals surface area contributed by atoms with Crippen LogP contribution >= 0.6 is 0 Å². The van der Waals surface area contributed by atoms with E-state index < -0.39 is 5.71 Å². The zero-order valence-electron chi connectivity index (χ0n) is 12.1. The van der Waals surface area contributed by atoms with Gasteiger partial charge in [-0.3, -0.25) is 4.79 Å². The maximum absolute atomic E-state index is 11.3. The van der Waals surface area contributed by atoms with E-state index in [9.17, 15) is 9.70 Å². The summed E-state index contributed by atoms with van der Waals surface area (Å²) in [5.41, 5.74) is 3.73. The van der Waals surface area contributed by atoms with Crippen molar-refractivity contribution in [3.8, 4) is 12.1 Å². The molecular formula is C14H11N7O2. The minimum absolute atomic E-state index is 0.0308. The van der Waals surface area contributed by atoms with Gasteiger partial charge in [0, 0.05) is 12.3 Å². The Balaban J connectivity index is 2.27. The molecule has 0 radical (unpaired) electrons. The van der Waals surface area contributed by atoms with E-state index in [1.807, 2.05) is 6.92 Å². The summed E-state index contributed by atoms with van der Waals surface area (Å²) >= 11 is 0. The average molecular weight is 309 g/mol. The van der Waals surface area contributed by atoms with Gasteiger partial charge in [-0.1, -0.05) is 19.1 Å². The molecule has 2 rings (SSSR count). The van der Waals surface area contributed by atoms with Gasteiger partial charge in [0.15, 0.2) is 0 Å². The highest BCUT2D eigenvalue weighted by atomic mass is 16.3. The molecule has 1 aliphatic rings. The summed E-state index contributed by atoms with van der Waals surface area (Å²) in [5.74, 6) is -0.166. The second-order valence-corrected chi connectivity index (χ2v) is 4.73. The number of carbonyl (C=O) groups is 1. The van der Waals surface area contributed by atoms with Crippen LogP contribution in [0.5, 0.6) is 0 Å². The van der Waals surface area contributed by atoms with Gasteiger partial charge in [-0.25, -0.2) is 5.43 Å². The zero-order chi connectivity index (χ0) is 16.8. The second kappa shape index (κ2) is 6.91. The molecule has 114 valence electrons. The van der Waals surface area contributed by atoms with Gasteiger partial charge in [0.1, 0.15) is 12.1 Å². The lowest BCUT2D eigenvalue weighted by Gasteiger charge is -2.19. The van der Waals surface area contributed by atoms with Crippen molar-refractivity contribution in [1.82, 2.24) is 5.43 Å². The number of amides is 1. The van der Waals surface area contributed by atoms with E-state index in [1.165, 1.54) is 0 Å². The number of carbonyl (C=O) groups excluding carboxylic acids is 1. The lowest BCUT2D eigenvalue weighted by atomic mass is 9.94. The van der Waals surface area contributed by atoms with Crippen LogP contribution in [-0.2, 0) is 4.79 Å². The Morgan fingerprint density at radius 2 is 2.00 bits per heavy atom. The Morgan fingerprint density at radius 1 is 1.35 bits per heavy atom. The molecule has 0 saturated heterocycles. The lowest BCUT2D eigenvalue weighted by Crippen LogP contribution is -2.31. The number of hydrazone groups is 2. The molecule has 1 atom stereocenters. The first kappa shape index (κ1) is 15.8. The number of nitriles is 2. The average Bonchev–Trinajstić information content (AvgIpc) is 2.56. The van der Waals surface area contributed by atoms with Crippen molar-refractivity contribution in [3.05, 3.63) is 34.7 Å². The number of nitrogens with one attached hydrogen (secondary N) is 1. The molecule has 9 nitrogen and oxygen atoms in total. The summed E-state index contributed by atoms with van der Waals surface area (Å²) < 4.78 is 0. The van der Waals surface area contributed by atoms with Crippen molar-refractivity contribution in [2.75, 3.05) is 5.12 Å². The van der Waals surface area contributed by atoms with Gasteiger partial charge in [-0.05, 0) is 17.7 Å². The van der Waals surface area contributed by atoms with Crippen LogP contribution in [0.2, 0.25) is 0 Å². The van der Waals surface area contributed by atoms with Crippen LogP contribution in [0.4, 0.5) is 5.69 Å². The van der Waals surface area contributed by atoms with Crippen molar-refractivity contribution in [2.24, 2.45) is 21.4 Å². The van der Waals surface area contributed by atoms with Gasteiger partial charge in [0.2, 0.25) is 11.6 Å². The smallest absolute Gasteiger partial charge is 0.240 e. The van der Waals surface area contributed by atoms with Crippen LogP contribution in [0, 0.1) is 33.5 Å². The molecule has 1 amide bonds. The van der Waals surface area contributed by atoms with Crippen molar-refractivity contribution < 1.29 is 4.79 Å². The third kappa shape index (κ3) is 3.54. The SMILES string of the molecule is CC1CC(=O)NN=C1c1ccc(N(N=O)N=C(C#N)C#N)cc1. The molecule has 1 heterocycles. The van der Waals surface area contributed by atoms with Gasteiger partial charge in [0.05, 0.1) is 16.7 Å². The zero-order valence-corrected chi connectivity index (χ0v) is 12.1. The molecule has 1 N–H and O–H groups in total. The summed E-state index contributed by atoms with van der Waals surface area (Å²) in [4.78, 5) is 22.1. The molecular weight excluding hydrogens is 298 g/mol. The summed E-state index contributed by atoms with van der Waals surface area (Å²) in [6, 6.07) is 9.58. The summed E-state index contributed by atoms with van der Waals surface area (Å²) in [7, 11) is 0. The molecule has 0 aliphatic carbocycles. The largest absolute Gasteiger partial charge is 0.273 e. The number of hydrogen-bond acceptors (Lipinski definition) is 7. The predicted molar refractivity (Wildman–Crippen MR) is 81.8 cm³/mol. The van der Waals surface area contributed by atoms with E-state index in [2.05, 4.69) is 20.9 Å². The monoisotopic (exact) mass is 309 g/mol. The van der Waals surface area contributed by atoms with Crippen molar-refractivity contribution in [1.29, 1.82) is 10.5 Å². The minimum atomic E-state index is -0.485. The quantitative estimate of drug-likeness (QED) is 0.510. The van der Waals surface area contributed by atoms with Crippen LogP contribution in [-0.4, -0.2) is 17.3 Å².